The van der Waals surface area contributed by atoms with Crippen LogP contribution in [0.3, 0.4) is 0 Å². The van der Waals surface area contributed by atoms with Gasteiger partial charge in [-0.25, -0.2) is 4.79 Å². The number of thiophene rings is 1. The predicted molar refractivity (Wildman–Crippen MR) is 75.3 cm³/mol. The molecule has 1 unspecified atom stereocenters. The van der Waals surface area contributed by atoms with E-state index in [1.54, 1.807) is 11.3 Å². The largest absolute Gasteiger partial charge is 0.456 e. The third-order valence-electron chi connectivity index (χ3n) is 3.45. The molecule has 1 aliphatic rings. The highest BCUT2D eigenvalue weighted by molar-refractivity contribution is 7.10. The van der Waals surface area contributed by atoms with E-state index in [1.807, 2.05) is 26.2 Å². The number of esters is 1. The van der Waals surface area contributed by atoms with E-state index in [2.05, 4.69) is 6.92 Å². The van der Waals surface area contributed by atoms with Crippen LogP contribution in [-0.2, 0) is 17.6 Å². The van der Waals surface area contributed by atoms with Crippen LogP contribution in [0, 0.1) is 5.92 Å². The molecule has 1 aliphatic carbocycles. The number of carbonyl (C=O) groups is 1. The maximum Gasteiger partial charge on any atom is 0.339 e. The number of ether oxygens (including phenoxy) is 1. The first-order valence-electron chi connectivity index (χ1n) is 6.73. The maximum absolute atomic E-state index is 12.1. The fourth-order valence-corrected chi connectivity index (χ4v) is 3.62. The molecule has 3 heteroatoms. The minimum absolute atomic E-state index is 0.157. The van der Waals surface area contributed by atoms with Crippen LogP contribution in [0.15, 0.2) is 5.38 Å². The van der Waals surface area contributed by atoms with Crippen molar-refractivity contribution in [2.45, 2.75) is 59.0 Å². The van der Waals surface area contributed by atoms with Crippen molar-refractivity contribution in [2.75, 3.05) is 0 Å². The summed E-state index contributed by atoms with van der Waals surface area (Å²) in [5, 5.41) is 1.98. The molecule has 0 radical (unpaired) electrons. The minimum atomic E-state index is -0.410. The van der Waals surface area contributed by atoms with Crippen LogP contribution in [0.2, 0.25) is 0 Å². The molecule has 100 valence electrons. The van der Waals surface area contributed by atoms with Gasteiger partial charge in [0.15, 0.2) is 0 Å². The summed E-state index contributed by atoms with van der Waals surface area (Å²) in [5.41, 5.74) is 1.64. The Morgan fingerprint density at radius 2 is 2.22 bits per heavy atom. The van der Waals surface area contributed by atoms with Crippen LogP contribution in [0.25, 0.3) is 0 Å². The van der Waals surface area contributed by atoms with E-state index in [4.69, 9.17) is 4.74 Å². The molecule has 2 nitrogen and oxygen atoms in total. The Balaban J connectivity index is 2.17. The zero-order valence-corrected chi connectivity index (χ0v) is 12.5. The summed E-state index contributed by atoms with van der Waals surface area (Å²) in [6, 6.07) is 0. The van der Waals surface area contributed by atoms with Gasteiger partial charge in [0.05, 0.1) is 5.56 Å². The molecule has 1 aromatic heterocycles. The normalized spacial score (nSPS) is 19.4. The second kappa shape index (κ2) is 5.04. The van der Waals surface area contributed by atoms with Gasteiger partial charge in [-0.05, 0) is 51.5 Å². The maximum atomic E-state index is 12.1. The smallest absolute Gasteiger partial charge is 0.339 e. The number of hydrogen-bond acceptors (Lipinski definition) is 3. The molecule has 0 saturated carbocycles. The molecule has 0 amide bonds. The molecular formula is C15H22O2S. The third-order valence-corrected chi connectivity index (χ3v) is 4.50. The van der Waals surface area contributed by atoms with E-state index < -0.39 is 5.60 Å². The van der Waals surface area contributed by atoms with E-state index in [9.17, 15) is 4.79 Å². The van der Waals surface area contributed by atoms with Crippen molar-refractivity contribution in [3.05, 3.63) is 21.4 Å². The van der Waals surface area contributed by atoms with Gasteiger partial charge in [-0.15, -0.1) is 11.3 Å². The summed E-state index contributed by atoms with van der Waals surface area (Å²) in [7, 11) is 0. The Morgan fingerprint density at radius 3 is 2.83 bits per heavy atom. The van der Waals surface area contributed by atoms with Crippen LogP contribution >= 0.6 is 11.3 Å². The van der Waals surface area contributed by atoms with Crippen molar-refractivity contribution in [1.82, 2.24) is 0 Å². The predicted octanol–water partition coefficient (Wildman–Crippen LogP) is 4.22. The quantitative estimate of drug-likeness (QED) is 0.749. The van der Waals surface area contributed by atoms with Crippen molar-refractivity contribution in [1.29, 1.82) is 0 Å². The summed E-state index contributed by atoms with van der Waals surface area (Å²) in [5.74, 6) is 0.637. The molecule has 0 bridgehead atoms. The van der Waals surface area contributed by atoms with Gasteiger partial charge in [-0.1, -0.05) is 13.3 Å². The Morgan fingerprint density at radius 1 is 1.50 bits per heavy atom. The number of rotatable bonds is 2. The molecule has 1 heterocycles. The van der Waals surface area contributed by atoms with Crippen LogP contribution in [0.1, 0.15) is 61.3 Å². The Hall–Kier alpha value is -0.830. The van der Waals surface area contributed by atoms with Gasteiger partial charge < -0.3 is 4.74 Å². The van der Waals surface area contributed by atoms with Crippen molar-refractivity contribution in [3.8, 4) is 0 Å². The molecule has 0 fully saturated rings. The summed E-state index contributed by atoms with van der Waals surface area (Å²) >= 11 is 1.72. The Kier molecular flexibility index (Phi) is 3.81. The molecule has 0 saturated heterocycles. The number of carbonyl (C=O) groups excluding carboxylic acids is 1. The SMILES string of the molecule is CCC1CCc2c(C(=O)OC(C)(C)C)csc2C1. The van der Waals surface area contributed by atoms with Gasteiger partial charge >= 0.3 is 5.97 Å². The summed E-state index contributed by atoms with van der Waals surface area (Å²) < 4.78 is 5.47. The first kappa shape index (κ1) is 13.6. The van der Waals surface area contributed by atoms with Gasteiger partial charge in [0.25, 0.3) is 0 Å². The Labute approximate surface area is 113 Å². The average molecular weight is 266 g/mol. The number of hydrogen-bond donors (Lipinski definition) is 0. The van der Waals surface area contributed by atoms with Gasteiger partial charge in [0, 0.05) is 10.3 Å². The molecule has 2 rings (SSSR count). The third kappa shape index (κ3) is 2.94. The van der Waals surface area contributed by atoms with E-state index in [0.29, 0.717) is 0 Å². The van der Waals surface area contributed by atoms with Gasteiger partial charge in [0.2, 0.25) is 0 Å². The fraction of sp³-hybridized carbons (Fsp3) is 0.667. The highest BCUT2D eigenvalue weighted by Gasteiger charge is 2.27. The van der Waals surface area contributed by atoms with Crippen LogP contribution in [0.4, 0.5) is 0 Å². The van der Waals surface area contributed by atoms with Gasteiger partial charge in [-0.2, -0.15) is 0 Å². The summed E-state index contributed by atoms with van der Waals surface area (Å²) in [6.45, 7) is 7.99. The van der Waals surface area contributed by atoms with Gasteiger partial charge in [0.1, 0.15) is 5.60 Å². The first-order chi connectivity index (χ1) is 8.40. The minimum Gasteiger partial charge on any atom is -0.456 e. The van der Waals surface area contributed by atoms with E-state index >= 15 is 0 Å². The number of fused-ring (bicyclic) bond motifs is 1. The van der Waals surface area contributed by atoms with Gasteiger partial charge in [-0.3, -0.25) is 0 Å². The standard InChI is InChI=1S/C15H22O2S/c1-5-10-6-7-11-12(9-18-13(11)8-10)14(16)17-15(2,3)4/h9-10H,5-8H2,1-4H3. The lowest BCUT2D eigenvalue weighted by Crippen LogP contribution is -2.24. The Bertz CT molecular complexity index is 440. The summed E-state index contributed by atoms with van der Waals surface area (Å²) in [6.07, 6.45) is 4.61. The monoisotopic (exact) mass is 266 g/mol. The fourth-order valence-electron chi connectivity index (χ4n) is 2.43. The second-order valence-electron chi connectivity index (χ2n) is 6.07. The molecule has 18 heavy (non-hydrogen) atoms. The van der Waals surface area contributed by atoms with Crippen LogP contribution in [0.5, 0.6) is 0 Å². The first-order valence-corrected chi connectivity index (χ1v) is 7.61. The average Bonchev–Trinajstić information content (AvgIpc) is 2.69. The van der Waals surface area contributed by atoms with E-state index in [-0.39, 0.29) is 5.97 Å². The van der Waals surface area contributed by atoms with Crippen molar-refractivity contribution in [2.24, 2.45) is 5.92 Å². The van der Waals surface area contributed by atoms with Crippen LogP contribution < -0.4 is 0 Å². The van der Waals surface area contributed by atoms with Crippen molar-refractivity contribution < 1.29 is 9.53 Å². The van der Waals surface area contributed by atoms with Crippen molar-refractivity contribution in [3.63, 3.8) is 0 Å². The zero-order chi connectivity index (χ0) is 13.3. The topological polar surface area (TPSA) is 26.3 Å². The molecule has 0 spiro atoms. The molecule has 0 N–H and O–H groups in total. The molecule has 1 aromatic rings. The second-order valence-corrected chi connectivity index (χ2v) is 7.03. The molecule has 0 aliphatic heterocycles. The molecular weight excluding hydrogens is 244 g/mol. The lowest BCUT2D eigenvalue weighted by Gasteiger charge is -2.23. The highest BCUT2D eigenvalue weighted by atomic mass is 32.1. The lowest BCUT2D eigenvalue weighted by molar-refractivity contribution is 0.00686. The van der Waals surface area contributed by atoms with E-state index in [0.717, 1.165) is 24.3 Å². The lowest BCUT2D eigenvalue weighted by atomic mass is 9.86. The highest BCUT2D eigenvalue weighted by Crippen LogP contribution is 2.34. The van der Waals surface area contributed by atoms with Crippen LogP contribution in [-0.4, -0.2) is 11.6 Å². The van der Waals surface area contributed by atoms with E-state index in [1.165, 1.54) is 23.3 Å². The molecule has 1 atom stereocenters. The van der Waals surface area contributed by atoms with Crippen molar-refractivity contribution >= 4 is 17.3 Å². The molecule has 0 aromatic carbocycles. The summed E-state index contributed by atoms with van der Waals surface area (Å²) in [4.78, 5) is 13.5. The zero-order valence-electron chi connectivity index (χ0n) is 11.7.